The Kier molecular flexibility index (Phi) is 4.66. The first-order chi connectivity index (χ1) is 9.45. The summed E-state index contributed by atoms with van der Waals surface area (Å²) in [6.45, 7) is 3.74. The van der Waals surface area contributed by atoms with E-state index in [2.05, 4.69) is 4.98 Å². The van der Waals surface area contributed by atoms with Crippen LogP contribution in [0.4, 0.5) is 0 Å². The van der Waals surface area contributed by atoms with Crippen LogP contribution in [0.3, 0.4) is 0 Å². The van der Waals surface area contributed by atoms with E-state index in [9.17, 15) is 14.7 Å². The van der Waals surface area contributed by atoms with E-state index in [4.69, 9.17) is 5.73 Å². The highest BCUT2D eigenvalue weighted by Crippen LogP contribution is 2.33. The van der Waals surface area contributed by atoms with E-state index >= 15 is 0 Å². The van der Waals surface area contributed by atoms with Crippen LogP contribution in [0.5, 0.6) is 0 Å². The number of hydrogen-bond acceptors (Lipinski definition) is 6. The molecule has 20 heavy (non-hydrogen) atoms. The standard InChI is InChI=1S/C12H17N3O3S2/c1-3-9-15(8(5-19-9)12(17)18)11(16)7-4-20-10(14-7)6(2)13/h4,6,8-9H,3,5,13H2,1-2H3,(H,17,18). The van der Waals surface area contributed by atoms with Gasteiger partial charge in [0.1, 0.15) is 16.7 Å². The average Bonchev–Trinajstić information content (AvgIpc) is 3.04. The highest BCUT2D eigenvalue weighted by molar-refractivity contribution is 8.00. The SMILES string of the molecule is CCC1SCC(C(=O)O)N1C(=O)c1csc(C(C)N)n1. The molecule has 3 unspecified atom stereocenters. The predicted molar refractivity (Wildman–Crippen MR) is 78.8 cm³/mol. The van der Waals surface area contributed by atoms with E-state index in [1.54, 1.807) is 12.3 Å². The Morgan fingerprint density at radius 3 is 2.85 bits per heavy atom. The van der Waals surface area contributed by atoms with E-state index in [0.717, 1.165) is 0 Å². The minimum Gasteiger partial charge on any atom is -0.480 e. The van der Waals surface area contributed by atoms with Crippen LogP contribution in [0.25, 0.3) is 0 Å². The second-order valence-corrected chi connectivity index (χ2v) is 6.72. The van der Waals surface area contributed by atoms with Crippen LogP contribution in [0.2, 0.25) is 0 Å². The van der Waals surface area contributed by atoms with Gasteiger partial charge in [-0.3, -0.25) is 4.79 Å². The van der Waals surface area contributed by atoms with Crippen molar-refractivity contribution >= 4 is 35.0 Å². The number of aliphatic carboxylic acids is 1. The zero-order chi connectivity index (χ0) is 14.9. The quantitative estimate of drug-likeness (QED) is 0.875. The van der Waals surface area contributed by atoms with Crippen molar-refractivity contribution in [2.45, 2.75) is 37.7 Å². The molecule has 1 aromatic heterocycles. The molecule has 6 nitrogen and oxygen atoms in total. The summed E-state index contributed by atoms with van der Waals surface area (Å²) in [7, 11) is 0. The Hall–Kier alpha value is -1.12. The maximum absolute atomic E-state index is 12.5. The van der Waals surface area contributed by atoms with Crippen LogP contribution in [0.1, 0.15) is 41.8 Å². The number of carboxylic acid groups (broad SMARTS) is 1. The Morgan fingerprint density at radius 1 is 1.65 bits per heavy atom. The third-order valence-corrected chi connectivity index (χ3v) is 5.59. The van der Waals surface area contributed by atoms with E-state index < -0.39 is 12.0 Å². The second-order valence-electron chi connectivity index (χ2n) is 4.62. The number of nitrogens with two attached hydrogens (primary N) is 1. The van der Waals surface area contributed by atoms with Gasteiger partial charge in [-0.25, -0.2) is 9.78 Å². The van der Waals surface area contributed by atoms with Crippen LogP contribution < -0.4 is 5.73 Å². The van der Waals surface area contributed by atoms with Gasteiger partial charge >= 0.3 is 5.97 Å². The second kappa shape index (κ2) is 6.11. The number of nitrogens with zero attached hydrogens (tertiary/aromatic N) is 2. The topological polar surface area (TPSA) is 96.5 Å². The van der Waals surface area contributed by atoms with Crippen LogP contribution in [0, 0.1) is 0 Å². The van der Waals surface area contributed by atoms with E-state index in [1.807, 2.05) is 6.92 Å². The fourth-order valence-electron chi connectivity index (χ4n) is 2.07. The van der Waals surface area contributed by atoms with Crippen LogP contribution in [-0.2, 0) is 4.79 Å². The third kappa shape index (κ3) is 2.82. The monoisotopic (exact) mass is 315 g/mol. The zero-order valence-electron chi connectivity index (χ0n) is 11.3. The lowest BCUT2D eigenvalue weighted by Gasteiger charge is -2.25. The van der Waals surface area contributed by atoms with Crippen molar-refractivity contribution < 1.29 is 14.7 Å². The summed E-state index contributed by atoms with van der Waals surface area (Å²) in [5, 5.41) is 11.5. The summed E-state index contributed by atoms with van der Waals surface area (Å²) in [5.74, 6) is -0.869. The van der Waals surface area contributed by atoms with Gasteiger partial charge in [0.2, 0.25) is 0 Å². The lowest BCUT2D eigenvalue weighted by atomic mass is 10.2. The van der Waals surface area contributed by atoms with Gasteiger partial charge in [-0.2, -0.15) is 0 Å². The van der Waals surface area contributed by atoms with E-state index in [-0.39, 0.29) is 23.0 Å². The molecule has 1 aromatic rings. The highest BCUT2D eigenvalue weighted by Gasteiger charge is 2.41. The molecular formula is C12H17N3O3S2. The van der Waals surface area contributed by atoms with E-state index in [0.29, 0.717) is 17.2 Å². The van der Waals surface area contributed by atoms with Gasteiger partial charge in [0.15, 0.2) is 0 Å². The number of rotatable bonds is 4. The van der Waals surface area contributed by atoms with Crippen molar-refractivity contribution in [3.8, 4) is 0 Å². The molecule has 0 aromatic carbocycles. The lowest BCUT2D eigenvalue weighted by Crippen LogP contribution is -2.45. The number of aromatic nitrogens is 1. The summed E-state index contributed by atoms with van der Waals surface area (Å²) in [5.41, 5.74) is 6.02. The number of hydrogen-bond donors (Lipinski definition) is 2. The molecule has 0 bridgehead atoms. The lowest BCUT2D eigenvalue weighted by molar-refractivity contribution is -0.141. The molecule has 3 atom stereocenters. The zero-order valence-corrected chi connectivity index (χ0v) is 12.9. The van der Waals surface area contributed by atoms with Crippen LogP contribution >= 0.6 is 23.1 Å². The van der Waals surface area contributed by atoms with Crippen LogP contribution in [-0.4, -0.2) is 44.0 Å². The molecule has 1 aliphatic heterocycles. The molecule has 2 heterocycles. The Bertz CT molecular complexity index is 518. The number of thiazole rings is 1. The summed E-state index contributed by atoms with van der Waals surface area (Å²) in [4.78, 5) is 29.5. The normalized spacial score (nSPS) is 23.9. The van der Waals surface area contributed by atoms with Gasteiger partial charge in [-0.1, -0.05) is 6.92 Å². The number of amides is 1. The summed E-state index contributed by atoms with van der Waals surface area (Å²) in [6, 6.07) is -1.01. The predicted octanol–water partition coefficient (Wildman–Crippen LogP) is 1.54. The molecule has 8 heteroatoms. The Labute approximate surface area is 125 Å². The molecule has 1 fully saturated rings. The smallest absolute Gasteiger partial charge is 0.327 e. The summed E-state index contributed by atoms with van der Waals surface area (Å²) in [6.07, 6.45) is 0.713. The minimum absolute atomic E-state index is 0.107. The van der Waals surface area contributed by atoms with Crippen molar-refractivity contribution in [1.29, 1.82) is 0 Å². The van der Waals surface area contributed by atoms with Crippen molar-refractivity contribution in [3.05, 3.63) is 16.1 Å². The van der Waals surface area contributed by atoms with Gasteiger partial charge in [0, 0.05) is 11.1 Å². The first-order valence-corrected chi connectivity index (χ1v) is 8.26. The molecule has 0 saturated carbocycles. The van der Waals surface area contributed by atoms with Crippen molar-refractivity contribution in [2.75, 3.05) is 5.75 Å². The molecule has 1 aliphatic rings. The van der Waals surface area contributed by atoms with Gasteiger partial charge in [0.05, 0.1) is 11.4 Å². The molecular weight excluding hydrogens is 298 g/mol. The number of carboxylic acids is 1. The van der Waals surface area contributed by atoms with Gasteiger partial charge in [-0.15, -0.1) is 23.1 Å². The Morgan fingerprint density at radius 2 is 2.35 bits per heavy atom. The number of thioether (sulfide) groups is 1. The first-order valence-electron chi connectivity index (χ1n) is 6.33. The maximum atomic E-state index is 12.5. The summed E-state index contributed by atoms with van der Waals surface area (Å²) < 4.78 is 0. The summed E-state index contributed by atoms with van der Waals surface area (Å²) >= 11 is 2.82. The van der Waals surface area contributed by atoms with Gasteiger partial charge in [-0.05, 0) is 13.3 Å². The van der Waals surface area contributed by atoms with Gasteiger partial charge < -0.3 is 15.7 Å². The average molecular weight is 315 g/mol. The molecule has 0 aliphatic carbocycles. The molecule has 0 radical (unpaired) electrons. The fourth-order valence-corrected chi connectivity index (χ4v) is 4.17. The number of carbonyl (C=O) groups excluding carboxylic acids is 1. The number of carbonyl (C=O) groups is 2. The van der Waals surface area contributed by atoms with Crippen molar-refractivity contribution in [3.63, 3.8) is 0 Å². The first kappa shape index (κ1) is 15.3. The van der Waals surface area contributed by atoms with Crippen LogP contribution in [0.15, 0.2) is 5.38 Å². The third-order valence-electron chi connectivity index (χ3n) is 3.09. The minimum atomic E-state index is -0.968. The van der Waals surface area contributed by atoms with Crippen molar-refractivity contribution in [2.24, 2.45) is 5.73 Å². The molecule has 1 amide bonds. The molecule has 2 rings (SSSR count). The largest absolute Gasteiger partial charge is 0.480 e. The molecule has 3 N–H and O–H groups in total. The van der Waals surface area contributed by atoms with Gasteiger partial charge in [0.25, 0.3) is 5.91 Å². The molecule has 1 saturated heterocycles. The Balaban J connectivity index is 2.26. The van der Waals surface area contributed by atoms with Crippen molar-refractivity contribution in [1.82, 2.24) is 9.88 Å². The molecule has 110 valence electrons. The fraction of sp³-hybridized carbons (Fsp3) is 0.583. The maximum Gasteiger partial charge on any atom is 0.327 e. The highest BCUT2D eigenvalue weighted by atomic mass is 32.2. The molecule has 0 spiro atoms. The van der Waals surface area contributed by atoms with E-state index in [1.165, 1.54) is 28.0 Å².